The number of carbonyl (C=O) groups is 2. The standard InChI is InChI=1S/C28H26F4N2O4S/c1-37-26(35)22-5-3-2-4-21(22)23-24(39-25(33-23)18-10-12-20(29)13-11-18)17-8-6-16(7-9-17)19-14-34(15-19)38-27(36)28(30,31)32/h6-13,19,21-22H,2-5,14-15H2,1H3/t21-,22-/m1/s1. The number of esters is 1. The molecule has 11 heteroatoms. The van der Waals surface area contributed by atoms with E-state index in [1.165, 1.54) is 30.6 Å². The van der Waals surface area contributed by atoms with E-state index in [-0.39, 0.29) is 42.6 Å². The van der Waals surface area contributed by atoms with Crippen LogP contribution in [-0.4, -0.2) is 48.4 Å². The van der Waals surface area contributed by atoms with Gasteiger partial charge in [-0.05, 0) is 48.2 Å². The van der Waals surface area contributed by atoms with Gasteiger partial charge in [0.15, 0.2) is 0 Å². The van der Waals surface area contributed by atoms with Crippen molar-refractivity contribution in [3.05, 3.63) is 65.6 Å². The molecule has 0 unspecified atom stereocenters. The quantitative estimate of drug-likeness (QED) is 0.253. The summed E-state index contributed by atoms with van der Waals surface area (Å²) in [5.74, 6) is -3.30. The summed E-state index contributed by atoms with van der Waals surface area (Å²) in [7, 11) is 1.39. The predicted molar refractivity (Wildman–Crippen MR) is 136 cm³/mol. The highest BCUT2D eigenvalue weighted by molar-refractivity contribution is 7.18. The minimum Gasteiger partial charge on any atom is -0.469 e. The predicted octanol–water partition coefficient (Wildman–Crippen LogP) is 6.48. The Morgan fingerprint density at radius 1 is 0.974 bits per heavy atom. The van der Waals surface area contributed by atoms with Crippen LogP contribution in [0.15, 0.2) is 48.5 Å². The number of carbonyl (C=O) groups excluding carboxylic acids is 2. The van der Waals surface area contributed by atoms with E-state index in [1.807, 2.05) is 24.3 Å². The molecule has 0 spiro atoms. The number of methoxy groups -OCH3 is 1. The van der Waals surface area contributed by atoms with Crippen molar-refractivity contribution in [2.24, 2.45) is 5.92 Å². The molecule has 2 aromatic carbocycles. The topological polar surface area (TPSA) is 68.7 Å². The summed E-state index contributed by atoms with van der Waals surface area (Å²) in [6.45, 7) is 0.342. The summed E-state index contributed by atoms with van der Waals surface area (Å²) < 4.78 is 55.9. The largest absolute Gasteiger partial charge is 0.492 e. The fourth-order valence-corrected chi connectivity index (χ4v) is 6.34. The Bertz CT molecular complexity index is 1340. The molecule has 2 atom stereocenters. The van der Waals surface area contributed by atoms with Gasteiger partial charge in [-0.2, -0.15) is 13.2 Å². The molecule has 0 amide bonds. The van der Waals surface area contributed by atoms with E-state index < -0.39 is 12.1 Å². The number of thiazole rings is 1. The summed E-state index contributed by atoms with van der Waals surface area (Å²) in [5, 5.41) is 1.72. The summed E-state index contributed by atoms with van der Waals surface area (Å²) in [6.07, 6.45) is -1.61. The highest BCUT2D eigenvalue weighted by Gasteiger charge is 2.44. The van der Waals surface area contributed by atoms with E-state index in [4.69, 9.17) is 9.72 Å². The van der Waals surface area contributed by atoms with Gasteiger partial charge >= 0.3 is 18.1 Å². The Morgan fingerprint density at radius 3 is 2.26 bits per heavy atom. The van der Waals surface area contributed by atoms with Gasteiger partial charge in [0.2, 0.25) is 0 Å². The molecule has 1 aromatic heterocycles. The highest BCUT2D eigenvalue weighted by Crippen LogP contribution is 2.46. The number of halogens is 4. The van der Waals surface area contributed by atoms with Gasteiger partial charge in [-0.3, -0.25) is 4.79 Å². The van der Waals surface area contributed by atoms with Crippen molar-refractivity contribution < 1.29 is 36.7 Å². The van der Waals surface area contributed by atoms with Crippen LogP contribution in [0.2, 0.25) is 0 Å². The van der Waals surface area contributed by atoms with E-state index in [0.717, 1.165) is 63.0 Å². The lowest BCUT2D eigenvalue weighted by Gasteiger charge is -2.37. The molecule has 5 rings (SSSR count). The second kappa shape index (κ2) is 11.1. The van der Waals surface area contributed by atoms with E-state index >= 15 is 0 Å². The van der Waals surface area contributed by atoms with Gasteiger partial charge < -0.3 is 9.57 Å². The molecule has 206 valence electrons. The first-order valence-corrected chi connectivity index (χ1v) is 13.4. The lowest BCUT2D eigenvalue weighted by molar-refractivity contribution is -0.253. The average molecular weight is 563 g/mol. The third-order valence-corrected chi connectivity index (χ3v) is 8.47. The van der Waals surface area contributed by atoms with E-state index in [9.17, 15) is 27.2 Å². The number of hydroxylamine groups is 2. The van der Waals surface area contributed by atoms with Crippen LogP contribution >= 0.6 is 11.3 Å². The monoisotopic (exact) mass is 562 g/mol. The molecular formula is C28H26F4N2O4S. The number of hydrogen-bond donors (Lipinski definition) is 0. The number of rotatable bonds is 6. The third-order valence-electron chi connectivity index (χ3n) is 7.30. The van der Waals surface area contributed by atoms with Crippen molar-refractivity contribution in [2.45, 2.75) is 43.7 Å². The third kappa shape index (κ3) is 5.84. The van der Waals surface area contributed by atoms with Crippen molar-refractivity contribution in [3.8, 4) is 21.0 Å². The molecule has 2 aliphatic rings. The van der Waals surface area contributed by atoms with Gasteiger partial charge in [0, 0.05) is 30.5 Å². The van der Waals surface area contributed by atoms with E-state index in [0.29, 0.717) is 0 Å². The van der Waals surface area contributed by atoms with Crippen LogP contribution in [0.1, 0.15) is 48.8 Å². The molecule has 0 N–H and O–H groups in total. The summed E-state index contributed by atoms with van der Waals surface area (Å²) in [5.41, 5.74) is 3.40. The highest BCUT2D eigenvalue weighted by atomic mass is 32.1. The first-order valence-electron chi connectivity index (χ1n) is 12.6. The summed E-state index contributed by atoms with van der Waals surface area (Å²) in [4.78, 5) is 33.9. The Labute approximate surface area is 226 Å². The molecule has 39 heavy (non-hydrogen) atoms. The Kier molecular flexibility index (Phi) is 7.73. The van der Waals surface area contributed by atoms with Gasteiger partial charge in [0.1, 0.15) is 10.8 Å². The molecule has 0 bridgehead atoms. The van der Waals surface area contributed by atoms with Gasteiger partial charge in [0.05, 0.1) is 23.6 Å². The summed E-state index contributed by atoms with van der Waals surface area (Å²) >= 11 is 1.47. The van der Waals surface area contributed by atoms with Crippen LogP contribution in [0.3, 0.4) is 0 Å². The molecule has 6 nitrogen and oxygen atoms in total. The minimum absolute atomic E-state index is 0.0714. The first kappa shape index (κ1) is 27.3. The number of hydrogen-bond acceptors (Lipinski definition) is 7. The van der Waals surface area contributed by atoms with Gasteiger partial charge in [-0.25, -0.2) is 14.2 Å². The number of aromatic nitrogens is 1. The summed E-state index contributed by atoms with van der Waals surface area (Å²) in [6, 6.07) is 13.8. The molecule has 1 aliphatic heterocycles. The van der Waals surface area contributed by atoms with Gasteiger partial charge in [-0.1, -0.05) is 37.1 Å². The second-order valence-electron chi connectivity index (χ2n) is 9.80. The molecular weight excluding hydrogens is 536 g/mol. The molecule has 2 fully saturated rings. The number of benzene rings is 2. The first-order chi connectivity index (χ1) is 18.6. The maximum Gasteiger partial charge on any atom is 0.492 e. The van der Waals surface area contributed by atoms with Crippen molar-refractivity contribution in [1.82, 2.24) is 10.0 Å². The zero-order valence-electron chi connectivity index (χ0n) is 21.0. The fraction of sp³-hybridized carbons (Fsp3) is 0.393. The Balaban J connectivity index is 1.41. The smallest absolute Gasteiger partial charge is 0.469 e. The normalized spacial score (nSPS) is 20.3. The van der Waals surface area contributed by atoms with Crippen molar-refractivity contribution >= 4 is 23.3 Å². The minimum atomic E-state index is -5.03. The maximum absolute atomic E-state index is 13.6. The van der Waals surface area contributed by atoms with E-state index in [2.05, 4.69) is 4.84 Å². The molecule has 1 saturated carbocycles. The zero-order chi connectivity index (χ0) is 27.7. The van der Waals surface area contributed by atoms with Crippen molar-refractivity contribution in [3.63, 3.8) is 0 Å². The maximum atomic E-state index is 13.6. The average Bonchev–Trinajstić information content (AvgIpc) is 3.35. The molecule has 1 aliphatic carbocycles. The molecule has 1 saturated heterocycles. The molecule has 2 heterocycles. The molecule has 0 radical (unpaired) electrons. The van der Waals surface area contributed by atoms with Crippen LogP contribution in [0, 0.1) is 11.7 Å². The number of ether oxygens (including phenoxy) is 1. The lowest BCUT2D eigenvalue weighted by Crippen LogP contribution is -2.47. The SMILES string of the molecule is COC(=O)[C@@H]1CCCC[C@H]1c1nc(-c2ccc(F)cc2)sc1-c1ccc(C2CN(OC(=O)C(F)(F)F)C2)cc1. The Hall–Kier alpha value is -3.31. The lowest BCUT2D eigenvalue weighted by atomic mass is 9.76. The second-order valence-corrected chi connectivity index (χ2v) is 10.8. The van der Waals surface area contributed by atoms with Gasteiger partial charge in [-0.15, -0.1) is 16.4 Å². The van der Waals surface area contributed by atoms with Crippen LogP contribution < -0.4 is 0 Å². The van der Waals surface area contributed by atoms with Crippen molar-refractivity contribution in [2.75, 3.05) is 20.2 Å². The zero-order valence-corrected chi connectivity index (χ0v) is 21.9. The van der Waals surface area contributed by atoms with Crippen molar-refractivity contribution in [1.29, 1.82) is 0 Å². The van der Waals surface area contributed by atoms with Crippen LogP contribution in [0.25, 0.3) is 21.0 Å². The fourth-order valence-electron chi connectivity index (χ4n) is 5.20. The molecule has 3 aromatic rings. The van der Waals surface area contributed by atoms with Crippen LogP contribution in [-0.2, 0) is 19.2 Å². The van der Waals surface area contributed by atoms with Gasteiger partial charge in [0.25, 0.3) is 0 Å². The number of alkyl halides is 3. The Morgan fingerprint density at radius 2 is 1.62 bits per heavy atom. The number of nitrogens with zero attached hydrogens (tertiary/aromatic N) is 2. The van der Waals surface area contributed by atoms with E-state index in [1.54, 1.807) is 12.1 Å². The van der Waals surface area contributed by atoms with Crippen LogP contribution in [0.4, 0.5) is 17.6 Å². The van der Waals surface area contributed by atoms with Crippen LogP contribution in [0.5, 0.6) is 0 Å².